The zero-order chi connectivity index (χ0) is 15.8. The molecular weight excluding hydrogens is 306 g/mol. The first-order valence-corrected chi connectivity index (χ1v) is 7.36. The van der Waals surface area contributed by atoms with Gasteiger partial charge in [0, 0.05) is 11.4 Å². The van der Waals surface area contributed by atoms with E-state index >= 15 is 0 Å². The highest BCUT2D eigenvalue weighted by atomic mass is 35.5. The Morgan fingerprint density at radius 1 is 0.739 bits per heavy atom. The second-order valence-electron chi connectivity index (χ2n) is 5.14. The van der Waals surface area contributed by atoms with Crippen molar-refractivity contribution in [1.82, 2.24) is 0 Å². The Balaban J connectivity index is 0.00000264. The molecule has 0 aliphatic rings. The molecule has 0 aliphatic heterocycles. The molecule has 0 bridgehead atoms. The second kappa shape index (κ2) is 9.70. The van der Waals surface area contributed by atoms with E-state index in [0.29, 0.717) is 18.8 Å². The van der Waals surface area contributed by atoms with Gasteiger partial charge in [-0.3, -0.25) is 9.98 Å². The third kappa shape index (κ3) is 6.17. The summed E-state index contributed by atoms with van der Waals surface area (Å²) in [6, 6.07) is 20.1. The predicted octanol–water partition coefficient (Wildman–Crippen LogP) is 4.45. The highest BCUT2D eigenvalue weighted by molar-refractivity contribution is 6.02. The van der Waals surface area contributed by atoms with E-state index in [9.17, 15) is 0 Å². The van der Waals surface area contributed by atoms with Crippen molar-refractivity contribution in [2.24, 2.45) is 9.98 Å². The smallest absolute Gasteiger partial charge is 0.0787 e. The molecule has 0 heterocycles. The molecule has 0 spiro atoms. The lowest BCUT2D eigenvalue weighted by molar-refractivity contribution is 1.16. The zero-order valence-electron chi connectivity index (χ0n) is 13.5. The quantitative estimate of drug-likeness (QED) is 0.762. The Hall–Kier alpha value is -2.26. The molecule has 0 unspecified atom stereocenters. The molecule has 23 heavy (non-hydrogen) atoms. The van der Waals surface area contributed by atoms with Gasteiger partial charge < -0.3 is 5.41 Å². The van der Waals surface area contributed by atoms with Crippen LogP contribution in [0.15, 0.2) is 70.6 Å². The van der Waals surface area contributed by atoms with E-state index in [2.05, 4.69) is 9.98 Å². The Morgan fingerprint density at radius 2 is 1.09 bits per heavy atom. The van der Waals surface area contributed by atoms with Crippen LogP contribution >= 0.6 is 12.4 Å². The molecule has 0 aromatic heterocycles. The van der Waals surface area contributed by atoms with Crippen LogP contribution in [0.25, 0.3) is 0 Å². The van der Waals surface area contributed by atoms with Crippen molar-refractivity contribution in [2.75, 3.05) is 13.1 Å². The summed E-state index contributed by atoms with van der Waals surface area (Å²) >= 11 is 0. The summed E-state index contributed by atoms with van der Waals surface area (Å²) in [6.45, 7) is 4.74. The van der Waals surface area contributed by atoms with Crippen molar-refractivity contribution in [3.63, 3.8) is 0 Å². The number of nitrogens with one attached hydrogen (secondary N) is 1. The number of nitrogens with zero attached hydrogens (tertiary/aromatic N) is 2. The van der Waals surface area contributed by atoms with Crippen molar-refractivity contribution in [3.8, 4) is 0 Å². The Labute approximate surface area is 144 Å². The van der Waals surface area contributed by atoms with Crippen molar-refractivity contribution in [1.29, 1.82) is 5.41 Å². The number of rotatable bonds is 6. The van der Waals surface area contributed by atoms with Gasteiger partial charge in [-0.25, -0.2) is 0 Å². The first-order chi connectivity index (χ1) is 10.7. The maximum Gasteiger partial charge on any atom is 0.0787 e. The summed E-state index contributed by atoms with van der Waals surface area (Å²) in [5, 5.41) is 7.99. The molecule has 120 valence electrons. The summed E-state index contributed by atoms with van der Waals surface area (Å²) in [5.41, 5.74) is 4.62. The molecule has 0 aliphatic carbocycles. The molecule has 0 atom stereocenters. The van der Waals surface area contributed by atoms with Crippen LogP contribution in [0.4, 0.5) is 0 Å². The fourth-order valence-electron chi connectivity index (χ4n) is 2.02. The molecule has 2 rings (SSSR count). The molecule has 0 radical (unpaired) electrons. The molecule has 3 nitrogen and oxygen atoms in total. The highest BCUT2D eigenvalue weighted by Gasteiger charge is 2.00. The lowest BCUT2D eigenvalue weighted by Gasteiger charge is -2.03. The first kappa shape index (κ1) is 18.8. The van der Waals surface area contributed by atoms with Crippen LogP contribution in [-0.4, -0.2) is 30.2 Å². The predicted molar refractivity (Wildman–Crippen MR) is 102 cm³/mol. The number of aliphatic imine (C=N–C) groups is 2. The van der Waals surface area contributed by atoms with Gasteiger partial charge >= 0.3 is 0 Å². The van der Waals surface area contributed by atoms with Crippen LogP contribution < -0.4 is 0 Å². The minimum Gasteiger partial charge on any atom is -0.306 e. The number of halogens is 1. The lowest BCUT2D eigenvalue weighted by atomic mass is 10.1. The molecule has 0 fully saturated rings. The fourth-order valence-corrected chi connectivity index (χ4v) is 2.02. The summed E-state index contributed by atoms with van der Waals surface area (Å²) in [6.07, 6.45) is 0. The van der Waals surface area contributed by atoms with Crippen LogP contribution in [-0.2, 0) is 0 Å². The molecule has 0 saturated carbocycles. The van der Waals surface area contributed by atoms with Gasteiger partial charge in [-0.15, -0.1) is 12.4 Å². The standard InChI is InChI=1S/C19H21N3.ClH/c1-15(17-9-5-3-6-10-17)21-13-19(20)14-22-16(2)18-11-7-4-8-12-18;/h3-12,20H,13-14H2,1-2H3;1H. The van der Waals surface area contributed by atoms with E-state index in [-0.39, 0.29) is 12.4 Å². The number of benzene rings is 2. The van der Waals surface area contributed by atoms with E-state index in [1.165, 1.54) is 0 Å². The Kier molecular flexibility index (Phi) is 7.92. The van der Waals surface area contributed by atoms with Gasteiger partial charge in [-0.05, 0) is 25.0 Å². The molecule has 4 heteroatoms. The number of hydrogen-bond acceptors (Lipinski definition) is 3. The van der Waals surface area contributed by atoms with E-state index in [1.54, 1.807) is 0 Å². The van der Waals surface area contributed by atoms with Gasteiger partial charge in [0.05, 0.1) is 18.8 Å². The van der Waals surface area contributed by atoms with Crippen molar-refractivity contribution < 1.29 is 0 Å². The minimum atomic E-state index is 0. The van der Waals surface area contributed by atoms with Gasteiger partial charge in [0.25, 0.3) is 0 Å². The third-order valence-electron chi connectivity index (χ3n) is 3.40. The van der Waals surface area contributed by atoms with E-state index in [0.717, 1.165) is 22.6 Å². The summed E-state index contributed by atoms with van der Waals surface area (Å²) < 4.78 is 0. The average molecular weight is 328 g/mol. The van der Waals surface area contributed by atoms with Crippen molar-refractivity contribution in [3.05, 3.63) is 71.8 Å². The zero-order valence-corrected chi connectivity index (χ0v) is 14.3. The van der Waals surface area contributed by atoms with Gasteiger partial charge in [-0.1, -0.05) is 60.7 Å². The minimum absolute atomic E-state index is 0. The number of hydrogen-bond donors (Lipinski definition) is 1. The fraction of sp³-hybridized carbons (Fsp3) is 0.211. The normalized spacial score (nSPS) is 11.7. The van der Waals surface area contributed by atoms with Crippen LogP contribution in [0.5, 0.6) is 0 Å². The highest BCUT2D eigenvalue weighted by Crippen LogP contribution is 2.02. The molecule has 1 N–H and O–H groups in total. The molecular formula is C19H22ClN3. The maximum atomic E-state index is 7.99. The van der Waals surface area contributed by atoms with Crippen molar-refractivity contribution >= 4 is 29.5 Å². The first-order valence-electron chi connectivity index (χ1n) is 7.36. The van der Waals surface area contributed by atoms with Crippen LogP contribution in [0, 0.1) is 5.41 Å². The van der Waals surface area contributed by atoms with Gasteiger partial charge in [0.2, 0.25) is 0 Å². The summed E-state index contributed by atoms with van der Waals surface area (Å²) in [7, 11) is 0. The molecule has 2 aromatic rings. The van der Waals surface area contributed by atoms with Gasteiger partial charge in [0.1, 0.15) is 0 Å². The maximum absolute atomic E-state index is 7.99. The van der Waals surface area contributed by atoms with Crippen molar-refractivity contribution in [2.45, 2.75) is 13.8 Å². The molecule has 2 aromatic carbocycles. The Bertz CT molecular complexity index is 617. The van der Waals surface area contributed by atoms with Crippen LogP contribution in [0.2, 0.25) is 0 Å². The largest absolute Gasteiger partial charge is 0.306 e. The second-order valence-corrected chi connectivity index (χ2v) is 5.14. The molecule has 0 saturated heterocycles. The average Bonchev–Trinajstić information content (AvgIpc) is 2.59. The Morgan fingerprint density at radius 3 is 1.43 bits per heavy atom. The van der Waals surface area contributed by atoms with E-state index in [1.807, 2.05) is 74.5 Å². The van der Waals surface area contributed by atoms with Crippen LogP contribution in [0.3, 0.4) is 0 Å². The summed E-state index contributed by atoms with van der Waals surface area (Å²) in [4.78, 5) is 8.94. The monoisotopic (exact) mass is 327 g/mol. The third-order valence-corrected chi connectivity index (χ3v) is 3.40. The van der Waals surface area contributed by atoms with Crippen LogP contribution in [0.1, 0.15) is 25.0 Å². The van der Waals surface area contributed by atoms with E-state index in [4.69, 9.17) is 5.41 Å². The van der Waals surface area contributed by atoms with E-state index < -0.39 is 0 Å². The lowest BCUT2D eigenvalue weighted by Crippen LogP contribution is -2.10. The van der Waals surface area contributed by atoms with Gasteiger partial charge in [0.15, 0.2) is 0 Å². The van der Waals surface area contributed by atoms with Gasteiger partial charge in [-0.2, -0.15) is 0 Å². The molecule has 0 amide bonds. The summed E-state index contributed by atoms with van der Waals surface area (Å²) in [5.74, 6) is 0. The SMILES string of the molecule is CC(=NCC(=N)CN=C(C)c1ccccc1)c1ccccc1.Cl. The topological polar surface area (TPSA) is 48.6 Å².